The van der Waals surface area contributed by atoms with Crippen LogP contribution in [0.15, 0.2) is 55.2 Å². The number of halogens is 1. The lowest BCUT2D eigenvalue weighted by atomic mass is 9.99. The van der Waals surface area contributed by atoms with Crippen LogP contribution < -0.4 is 5.73 Å². The molecule has 0 spiro atoms. The fourth-order valence-corrected chi connectivity index (χ4v) is 1.59. The zero-order valence-electron chi connectivity index (χ0n) is 10.8. The monoisotopic (exact) mass is 245 g/mol. The van der Waals surface area contributed by atoms with Gasteiger partial charge in [0.1, 0.15) is 5.82 Å². The molecule has 0 fully saturated rings. The van der Waals surface area contributed by atoms with E-state index in [1.54, 1.807) is 12.1 Å². The topological polar surface area (TPSA) is 26.0 Å². The Kier molecular flexibility index (Phi) is 6.09. The highest BCUT2D eigenvalue weighted by molar-refractivity contribution is 5.28. The smallest absolute Gasteiger partial charge is 0.126 e. The van der Waals surface area contributed by atoms with Gasteiger partial charge in [-0.2, -0.15) is 0 Å². The first kappa shape index (κ1) is 14.4. The molecule has 0 heterocycles. The molecule has 2 heteroatoms. The van der Waals surface area contributed by atoms with Crippen molar-refractivity contribution in [1.29, 1.82) is 0 Å². The maximum absolute atomic E-state index is 13.8. The summed E-state index contributed by atoms with van der Waals surface area (Å²) >= 11 is 0. The fourth-order valence-electron chi connectivity index (χ4n) is 1.59. The molecule has 0 aliphatic carbocycles. The van der Waals surface area contributed by atoms with Gasteiger partial charge in [0.2, 0.25) is 0 Å². The number of allylic oxidation sites excluding steroid dienone is 5. The molecule has 0 saturated heterocycles. The Hall–Kier alpha value is -1.67. The van der Waals surface area contributed by atoms with Gasteiger partial charge in [0, 0.05) is 0 Å². The second kappa shape index (κ2) is 7.62. The van der Waals surface area contributed by atoms with Crippen molar-refractivity contribution in [1.82, 2.24) is 0 Å². The molecule has 0 radical (unpaired) electrons. The summed E-state index contributed by atoms with van der Waals surface area (Å²) in [7, 11) is 0. The minimum atomic E-state index is -0.162. The lowest BCUT2D eigenvalue weighted by molar-refractivity contribution is 0.609. The number of hydrogen-bond acceptors (Lipinski definition) is 1. The van der Waals surface area contributed by atoms with Crippen molar-refractivity contribution in [2.45, 2.75) is 19.3 Å². The van der Waals surface area contributed by atoms with E-state index in [9.17, 15) is 4.39 Å². The third-order valence-electron chi connectivity index (χ3n) is 2.83. The van der Waals surface area contributed by atoms with Gasteiger partial charge in [0.25, 0.3) is 0 Å². The number of nitrogens with two attached hydrogens (primary N) is 1. The molecule has 2 N–H and O–H groups in total. The molecule has 96 valence electrons. The Bertz CT molecular complexity index is 446. The van der Waals surface area contributed by atoms with Crippen molar-refractivity contribution in [3.05, 3.63) is 72.1 Å². The van der Waals surface area contributed by atoms with Crippen LogP contribution >= 0.6 is 0 Å². The molecule has 1 aromatic rings. The highest BCUT2D eigenvalue weighted by atomic mass is 19.1. The molecular weight excluding hydrogens is 225 g/mol. The predicted octanol–water partition coefficient (Wildman–Crippen LogP) is 3.73. The van der Waals surface area contributed by atoms with E-state index in [-0.39, 0.29) is 11.7 Å². The molecule has 0 saturated carbocycles. The van der Waals surface area contributed by atoms with E-state index in [4.69, 9.17) is 5.73 Å². The summed E-state index contributed by atoms with van der Waals surface area (Å²) in [6.45, 7) is 6.10. The summed E-state index contributed by atoms with van der Waals surface area (Å²) in [6.07, 6.45) is 9.80. The van der Waals surface area contributed by atoms with Crippen molar-refractivity contribution in [2.75, 3.05) is 6.54 Å². The lowest BCUT2D eigenvalue weighted by Crippen LogP contribution is -2.09. The van der Waals surface area contributed by atoms with Crippen LogP contribution in [-0.4, -0.2) is 6.54 Å². The zero-order valence-corrected chi connectivity index (χ0v) is 10.8. The normalized spacial score (nSPS) is 13.3. The van der Waals surface area contributed by atoms with Crippen LogP contribution in [0.1, 0.15) is 24.0 Å². The SMILES string of the molecule is C=C/C=C\C=C/Cc1ccc(C(C)CN)cc1F. The van der Waals surface area contributed by atoms with Gasteiger partial charge >= 0.3 is 0 Å². The number of hydrogen-bond donors (Lipinski definition) is 1. The second-order valence-corrected chi connectivity index (χ2v) is 4.24. The molecule has 1 nitrogen and oxygen atoms in total. The van der Waals surface area contributed by atoms with Crippen LogP contribution in [-0.2, 0) is 6.42 Å². The average Bonchev–Trinajstić information content (AvgIpc) is 2.39. The highest BCUT2D eigenvalue weighted by Gasteiger charge is 2.06. The summed E-state index contributed by atoms with van der Waals surface area (Å²) in [5.74, 6) is 0.0322. The maximum atomic E-state index is 13.8. The second-order valence-electron chi connectivity index (χ2n) is 4.24. The molecule has 1 aromatic carbocycles. The van der Waals surface area contributed by atoms with E-state index in [0.29, 0.717) is 18.5 Å². The molecule has 0 amide bonds. The predicted molar refractivity (Wildman–Crippen MR) is 76.1 cm³/mol. The van der Waals surface area contributed by atoms with Crippen LogP contribution in [0, 0.1) is 5.82 Å². The van der Waals surface area contributed by atoms with Crippen molar-refractivity contribution in [3.8, 4) is 0 Å². The number of rotatable bonds is 6. The summed E-state index contributed by atoms with van der Waals surface area (Å²) in [4.78, 5) is 0. The van der Waals surface area contributed by atoms with Gasteiger partial charge in [0.15, 0.2) is 0 Å². The average molecular weight is 245 g/mol. The van der Waals surface area contributed by atoms with E-state index >= 15 is 0 Å². The van der Waals surface area contributed by atoms with Gasteiger partial charge in [-0.25, -0.2) is 4.39 Å². The van der Waals surface area contributed by atoms with Crippen LogP contribution in [0.2, 0.25) is 0 Å². The largest absolute Gasteiger partial charge is 0.330 e. The van der Waals surface area contributed by atoms with Gasteiger partial charge in [-0.15, -0.1) is 0 Å². The molecule has 0 aliphatic rings. The lowest BCUT2D eigenvalue weighted by Gasteiger charge is -2.10. The van der Waals surface area contributed by atoms with Crippen molar-refractivity contribution >= 4 is 0 Å². The van der Waals surface area contributed by atoms with Gasteiger partial charge in [-0.3, -0.25) is 0 Å². The minimum Gasteiger partial charge on any atom is -0.330 e. The Morgan fingerprint density at radius 2 is 2.11 bits per heavy atom. The molecule has 18 heavy (non-hydrogen) atoms. The van der Waals surface area contributed by atoms with E-state index in [1.807, 2.05) is 43.4 Å². The summed E-state index contributed by atoms with van der Waals surface area (Å²) < 4.78 is 13.8. The molecule has 1 atom stereocenters. The highest BCUT2D eigenvalue weighted by Crippen LogP contribution is 2.18. The first-order valence-corrected chi connectivity index (χ1v) is 6.11. The summed E-state index contributed by atoms with van der Waals surface area (Å²) in [5, 5.41) is 0. The van der Waals surface area contributed by atoms with Crippen LogP contribution in [0.3, 0.4) is 0 Å². The van der Waals surface area contributed by atoms with Crippen molar-refractivity contribution in [2.24, 2.45) is 5.73 Å². The molecule has 1 rings (SSSR count). The first-order valence-electron chi connectivity index (χ1n) is 6.11. The Labute approximate surface area is 109 Å². The van der Waals surface area contributed by atoms with Crippen LogP contribution in [0.5, 0.6) is 0 Å². The summed E-state index contributed by atoms with van der Waals surface area (Å²) in [5.41, 5.74) is 7.22. The Morgan fingerprint density at radius 3 is 2.72 bits per heavy atom. The standard InChI is InChI=1S/C16H20FN/c1-3-4-5-6-7-8-14-9-10-15(11-16(14)17)13(2)12-18/h3-7,9-11,13H,1,8,12,18H2,2H3/b5-4-,7-6-. The molecule has 0 bridgehead atoms. The van der Waals surface area contributed by atoms with Crippen molar-refractivity contribution < 1.29 is 4.39 Å². The first-order chi connectivity index (χ1) is 8.69. The Morgan fingerprint density at radius 1 is 1.33 bits per heavy atom. The zero-order chi connectivity index (χ0) is 13.4. The van der Waals surface area contributed by atoms with Gasteiger partial charge < -0.3 is 5.73 Å². The minimum absolute atomic E-state index is 0.162. The van der Waals surface area contributed by atoms with E-state index in [0.717, 1.165) is 5.56 Å². The fraction of sp³-hybridized carbons (Fsp3) is 0.250. The Balaban J connectivity index is 2.71. The van der Waals surface area contributed by atoms with Crippen LogP contribution in [0.25, 0.3) is 0 Å². The number of benzene rings is 1. The van der Waals surface area contributed by atoms with Gasteiger partial charge in [-0.1, -0.05) is 56.0 Å². The summed E-state index contributed by atoms with van der Waals surface area (Å²) in [6, 6.07) is 5.36. The van der Waals surface area contributed by atoms with E-state index in [2.05, 4.69) is 6.58 Å². The molecular formula is C16H20FN. The molecule has 1 unspecified atom stereocenters. The van der Waals surface area contributed by atoms with Crippen molar-refractivity contribution in [3.63, 3.8) is 0 Å². The van der Waals surface area contributed by atoms with Crippen LogP contribution in [0.4, 0.5) is 4.39 Å². The third kappa shape index (κ3) is 4.30. The van der Waals surface area contributed by atoms with E-state index < -0.39 is 0 Å². The van der Waals surface area contributed by atoms with Gasteiger partial charge in [0.05, 0.1) is 0 Å². The third-order valence-corrected chi connectivity index (χ3v) is 2.83. The molecule has 0 aliphatic heterocycles. The molecule has 0 aromatic heterocycles. The quantitative estimate of drug-likeness (QED) is 0.759. The van der Waals surface area contributed by atoms with Gasteiger partial charge in [-0.05, 0) is 36.1 Å². The van der Waals surface area contributed by atoms with E-state index in [1.165, 1.54) is 0 Å². The maximum Gasteiger partial charge on any atom is 0.126 e.